The van der Waals surface area contributed by atoms with E-state index in [9.17, 15) is 4.39 Å². The Morgan fingerprint density at radius 1 is 1.50 bits per heavy atom. The van der Waals surface area contributed by atoms with Gasteiger partial charge in [0.15, 0.2) is 0 Å². The molecule has 0 aliphatic rings. The quantitative estimate of drug-likeness (QED) is 0.446. The van der Waals surface area contributed by atoms with Crippen LogP contribution in [0.15, 0.2) is 24.3 Å². The number of hydrogen-bond acceptors (Lipinski definition) is 0. The molecular formula is C6H5FNa. The second-order valence-electron chi connectivity index (χ2n) is 1.22. The van der Waals surface area contributed by atoms with Gasteiger partial charge in [0, 0.05) is 0 Å². The van der Waals surface area contributed by atoms with Gasteiger partial charge in [0.1, 0.15) is 5.82 Å². The van der Waals surface area contributed by atoms with Gasteiger partial charge < -0.3 is 0 Å². The SMILES string of the molecule is Fc1c[c]ccc1.[NaH]. The molecule has 2 heteroatoms. The molecule has 0 aliphatic heterocycles. The van der Waals surface area contributed by atoms with Crippen LogP contribution < -0.4 is 0 Å². The molecule has 0 aliphatic carbocycles. The van der Waals surface area contributed by atoms with E-state index in [0.717, 1.165) is 0 Å². The van der Waals surface area contributed by atoms with Crippen LogP contribution in [0, 0.1) is 11.9 Å². The van der Waals surface area contributed by atoms with Crippen LogP contribution in [0.1, 0.15) is 0 Å². The van der Waals surface area contributed by atoms with Gasteiger partial charge in [-0.15, -0.1) is 0 Å². The normalized spacial score (nSPS) is 7.62. The van der Waals surface area contributed by atoms with Crippen LogP contribution in [-0.4, -0.2) is 29.6 Å². The maximum atomic E-state index is 11.9. The molecule has 0 atom stereocenters. The van der Waals surface area contributed by atoms with Crippen LogP contribution >= 0.6 is 0 Å². The molecule has 0 N–H and O–H groups in total. The summed E-state index contributed by atoms with van der Waals surface area (Å²) in [6.07, 6.45) is 0. The van der Waals surface area contributed by atoms with Crippen LogP contribution in [0.25, 0.3) is 0 Å². The molecular weight excluding hydrogens is 114 g/mol. The van der Waals surface area contributed by atoms with Crippen molar-refractivity contribution < 1.29 is 4.39 Å². The molecule has 0 spiro atoms. The molecule has 0 bridgehead atoms. The summed E-state index contributed by atoms with van der Waals surface area (Å²) in [7, 11) is 0. The van der Waals surface area contributed by atoms with E-state index in [4.69, 9.17) is 0 Å². The van der Waals surface area contributed by atoms with Gasteiger partial charge in [-0.1, -0.05) is 12.1 Å². The van der Waals surface area contributed by atoms with Gasteiger partial charge in [0.25, 0.3) is 0 Å². The van der Waals surface area contributed by atoms with E-state index in [1.54, 1.807) is 12.1 Å². The standard InChI is InChI=1S/C6H4F.Na.H/c7-6-4-2-1-3-5-6;;/h1-2,4-5H;;. The summed E-state index contributed by atoms with van der Waals surface area (Å²) in [6, 6.07) is 8.53. The first-order valence-electron chi connectivity index (χ1n) is 2.01. The van der Waals surface area contributed by atoms with Gasteiger partial charge in [-0.25, -0.2) is 4.39 Å². The van der Waals surface area contributed by atoms with Crippen molar-refractivity contribution in [3.8, 4) is 0 Å². The van der Waals surface area contributed by atoms with Gasteiger partial charge in [-0.05, 0) is 18.2 Å². The minimum absolute atomic E-state index is 0. The number of halogens is 1. The second-order valence-corrected chi connectivity index (χ2v) is 1.22. The summed E-state index contributed by atoms with van der Waals surface area (Å²) in [5, 5.41) is 0. The third-order valence-electron chi connectivity index (χ3n) is 0.669. The average molecular weight is 119 g/mol. The maximum absolute atomic E-state index is 11.9. The van der Waals surface area contributed by atoms with Crippen molar-refractivity contribution in [3.63, 3.8) is 0 Å². The van der Waals surface area contributed by atoms with Crippen LogP contribution in [-0.2, 0) is 0 Å². The molecule has 0 amide bonds. The van der Waals surface area contributed by atoms with Crippen molar-refractivity contribution in [2.75, 3.05) is 0 Å². The summed E-state index contributed by atoms with van der Waals surface area (Å²) >= 11 is 0. The third kappa shape index (κ3) is 2.46. The van der Waals surface area contributed by atoms with Gasteiger partial charge in [0.05, 0.1) is 0 Å². The van der Waals surface area contributed by atoms with Gasteiger partial charge in [-0.3, -0.25) is 0 Å². The second kappa shape index (κ2) is 4.07. The van der Waals surface area contributed by atoms with Gasteiger partial charge in [-0.2, -0.15) is 0 Å². The first-order valence-corrected chi connectivity index (χ1v) is 2.01. The minimum atomic E-state index is -0.234. The molecule has 1 aromatic carbocycles. The van der Waals surface area contributed by atoms with Crippen LogP contribution in [0.5, 0.6) is 0 Å². The van der Waals surface area contributed by atoms with Crippen molar-refractivity contribution >= 4 is 29.6 Å². The molecule has 0 unspecified atom stereocenters. The Kier molecular flexibility index (Phi) is 4.15. The molecule has 8 heavy (non-hydrogen) atoms. The topological polar surface area (TPSA) is 0 Å². The van der Waals surface area contributed by atoms with E-state index in [1.807, 2.05) is 0 Å². The Morgan fingerprint density at radius 3 is 2.50 bits per heavy atom. The Hall–Kier alpha value is 0.150. The molecule has 1 radical (unpaired) electrons. The fourth-order valence-electron chi connectivity index (χ4n) is 0.371. The fourth-order valence-corrected chi connectivity index (χ4v) is 0.371. The predicted octanol–water partition coefficient (Wildman–Crippen LogP) is 0.977. The van der Waals surface area contributed by atoms with Crippen LogP contribution in [0.4, 0.5) is 4.39 Å². The van der Waals surface area contributed by atoms with Crippen molar-refractivity contribution in [2.45, 2.75) is 0 Å². The molecule has 0 saturated heterocycles. The Bertz CT molecular complexity index is 138. The fraction of sp³-hybridized carbons (Fsp3) is 0. The van der Waals surface area contributed by atoms with Crippen molar-refractivity contribution in [1.29, 1.82) is 0 Å². The summed E-state index contributed by atoms with van der Waals surface area (Å²) in [4.78, 5) is 0. The van der Waals surface area contributed by atoms with E-state index >= 15 is 0 Å². The molecule has 1 rings (SSSR count). The zero-order valence-electron chi connectivity index (χ0n) is 3.69. The van der Waals surface area contributed by atoms with Crippen molar-refractivity contribution in [3.05, 3.63) is 36.1 Å². The Morgan fingerprint density at radius 2 is 2.25 bits per heavy atom. The molecule has 0 nitrogen and oxygen atoms in total. The van der Waals surface area contributed by atoms with Crippen LogP contribution in [0.2, 0.25) is 0 Å². The molecule has 0 saturated carbocycles. The van der Waals surface area contributed by atoms with Crippen molar-refractivity contribution in [2.24, 2.45) is 0 Å². The van der Waals surface area contributed by atoms with E-state index in [2.05, 4.69) is 6.07 Å². The Labute approximate surface area is 70.0 Å². The van der Waals surface area contributed by atoms with Crippen LogP contribution in [0.3, 0.4) is 0 Å². The number of rotatable bonds is 0. The molecule has 1 aromatic rings. The number of benzene rings is 1. The van der Waals surface area contributed by atoms with E-state index in [1.165, 1.54) is 12.1 Å². The first kappa shape index (κ1) is 8.15. The molecule has 0 aromatic heterocycles. The van der Waals surface area contributed by atoms with Gasteiger partial charge >= 0.3 is 29.6 Å². The Balaban J connectivity index is 0.000000490. The molecule has 37 valence electrons. The third-order valence-corrected chi connectivity index (χ3v) is 0.669. The number of hydrogen-bond donors (Lipinski definition) is 0. The summed E-state index contributed by atoms with van der Waals surface area (Å²) in [5.41, 5.74) is 0. The van der Waals surface area contributed by atoms with E-state index in [0.29, 0.717) is 0 Å². The van der Waals surface area contributed by atoms with E-state index in [-0.39, 0.29) is 35.4 Å². The molecule has 0 fully saturated rings. The van der Waals surface area contributed by atoms with E-state index < -0.39 is 0 Å². The first-order chi connectivity index (χ1) is 3.39. The zero-order chi connectivity index (χ0) is 5.11. The predicted molar refractivity (Wildman–Crippen MR) is 32.4 cm³/mol. The summed E-state index contributed by atoms with van der Waals surface area (Å²) in [5.74, 6) is -0.234. The summed E-state index contributed by atoms with van der Waals surface area (Å²) in [6.45, 7) is 0. The van der Waals surface area contributed by atoms with Crippen molar-refractivity contribution in [1.82, 2.24) is 0 Å². The van der Waals surface area contributed by atoms with Gasteiger partial charge in [0.2, 0.25) is 0 Å². The average Bonchev–Trinajstić information content (AvgIpc) is 1.69. The summed E-state index contributed by atoms with van der Waals surface area (Å²) < 4.78 is 11.9. The molecule has 0 heterocycles. The zero-order valence-corrected chi connectivity index (χ0v) is 3.69. The monoisotopic (exact) mass is 119 g/mol.